The van der Waals surface area contributed by atoms with Crippen molar-refractivity contribution >= 4 is 17.4 Å². The third kappa shape index (κ3) is 2.34. The summed E-state index contributed by atoms with van der Waals surface area (Å²) in [6.07, 6.45) is 8.22. The van der Waals surface area contributed by atoms with Crippen molar-refractivity contribution in [2.45, 2.75) is 44.8 Å². The number of carbonyl (C=O) groups excluding carboxylic acids is 1. The Balaban J connectivity index is 1.67. The van der Waals surface area contributed by atoms with Gasteiger partial charge in [-0.1, -0.05) is 5.21 Å². The van der Waals surface area contributed by atoms with Crippen LogP contribution >= 0.6 is 0 Å². The predicted octanol–water partition coefficient (Wildman–Crippen LogP) is 1.18. The summed E-state index contributed by atoms with van der Waals surface area (Å²) in [5.41, 5.74) is 2.20. The maximum absolute atomic E-state index is 12.7. The molecule has 0 aromatic carbocycles. The Morgan fingerprint density at radius 2 is 2.15 bits per heavy atom. The number of hydrogen-bond acceptors (Lipinski definition) is 6. The topological polar surface area (TPSA) is 93.2 Å². The summed E-state index contributed by atoms with van der Waals surface area (Å²) in [6.45, 7) is 3.64. The number of amides is 1. The molecule has 1 fully saturated rings. The zero-order chi connectivity index (χ0) is 17.7. The zero-order valence-electron chi connectivity index (χ0n) is 14.5. The Labute approximate surface area is 150 Å². The fraction of sp³-hybridized carbons (Fsp3) is 0.471. The van der Waals surface area contributed by atoms with Gasteiger partial charge in [-0.15, -0.1) is 5.10 Å². The van der Waals surface area contributed by atoms with Gasteiger partial charge in [-0.05, 0) is 32.3 Å². The first-order valence-electron chi connectivity index (χ1n) is 9.01. The van der Waals surface area contributed by atoms with Gasteiger partial charge in [0.15, 0.2) is 5.65 Å². The van der Waals surface area contributed by atoms with Crippen molar-refractivity contribution in [3.63, 3.8) is 0 Å². The van der Waals surface area contributed by atoms with Gasteiger partial charge >= 0.3 is 0 Å². The lowest BCUT2D eigenvalue weighted by molar-refractivity contribution is 0.0938. The van der Waals surface area contributed by atoms with Gasteiger partial charge in [0.1, 0.15) is 11.4 Å². The first kappa shape index (κ1) is 15.3. The van der Waals surface area contributed by atoms with Crippen molar-refractivity contribution < 1.29 is 4.79 Å². The smallest absolute Gasteiger partial charge is 0.256 e. The highest BCUT2D eigenvalue weighted by atomic mass is 16.1. The minimum absolute atomic E-state index is 0.0121. The Morgan fingerprint density at radius 3 is 3.08 bits per heavy atom. The van der Waals surface area contributed by atoms with E-state index >= 15 is 0 Å². The number of nitrogens with zero attached hydrogens (tertiary/aromatic N) is 7. The third-order valence-corrected chi connectivity index (χ3v) is 5.29. The van der Waals surface area contributed by atoms with Gasteiger partial charge in [-0.2, -0.15) is 5.10 Å². The Kier molecular flexibility index (Phi) is 3.41. The molecule has 3 aromatic heterocycles. The highest BCUT2D eigenvalue weighted by Crippen LogP contribution is 2.35. The van der Waals surface area contributed by atoms with Crippen molar-refractivity contribution in [1.82, 2.24) is 34.9 Å². The van der Waals surface area contributed by atoms with Crippen molar-refractivity contribution in [2.24, 2.45) is 0 Å². The van der Waals surface area contributed by atoms with Gasteiger partial charge in [0.2, 0.25) is 0 Å². The lowest BCUT2D eigenvalue weighted by Gasteiger charge is -2.26. The molecule has 3 aromatic rings. The molecule has 9 heteroatoms. The van der Waals surface area contributed by atoms with E-state index in [1.807, 2.05) is 30.1 Å². The normalized spacial score (nSPS) is 23.1. The summed E-state index contributed by atoms with van der Waals surface area (Å²) in [6, 6.07) is 2.17. The molecule has 5 heterocycles. The summed E-state index contributed by atoms with van der Waals surface area (Å²) in [5.74, 6) is 0.711. The second-order valence-corrected chi connectivity index (χ2v) is 7.01. The van der Waals surface area contributed by atoms with Crippen LogP contribution in [0.15, 0.2) is 24.7 Å². The van der Waals surface area contributed by atoms with Gasteiger partial charge in [-0.3, -0.25) is 4.79 Å². The van der Waals surface area contributed by atoms with Gasteiger partial charge in [0, 0.05) is 25.3 Å². The average Bonchev–Trinajstić information content (AvgIpc) is 3.36. The van der Waals surface area contributed by atoms with Crippen LogP contribution in [0.25, 0.3) is 5.65 Å². The molecule has 2 atom stereocenters. The van der Waals surface area contributed by atoms with E-state index in [9.17, 15) is 4.79 Å². The number of nitrogens with one attached hydrogen (secondary N) is 1. The van der Waals surface area contributed by atoms with Crippen molar-refractivity contribution in [3.05, 3.63) is 35.9 Å². The number of fused-ring (bicyclic) bond motifs is 5. The number of anilines is 1. The molecule has 5 rings (SSSR count). The fourth-order valence-corrected chi connectivity index (χ4v) is 3.92. The second-order valence-electron chi connectivity index (χ2n) is 7.01. The van der Waals surface area contributed by atoms with Gasteiger partial charge in [0.25, 0.3) is 5.91 Å². The average molecular weight is 352 g/mol. The van der Waals surface area contributed by atoms with Crippen LogP contribution in [0.5, 0.6) is 0 Å². The maximum atomic E-state index is 12.7. The fourth-order valence-electron chi connectivity index (χ4n) is 3.92. The molecular weight excluding hydrogens is 332 g/mol. The molecule has 2 aliphatic rings. The van der Waals surface area contributed by atoms with Crippen molar-refractivity contribution in [2.75, 3.05) is 11.4 Å². The predicted molar refractivity (Wildman–Crippen MR) is 93.9 cm³/mol. The van der Waals surface area contributed by atoms with E-state index in [0.29, 0.717) is 11.2 Å². The van der Waals surface area contributed by atoms with Crippen LogP contribution in [0.1, 0.15) is 48.3 Å². The number of hydrogen-bond donors (Lipinski definition) is 1. The first-order chi connectivity index (χ1) is 12.7. The lowest BCUT2D eigenvalue weighted by Crippen LogP contribution is -2.33. The van der Waals surface area contributed by atoms with Crippen molar-refractivity contribution in [1.29, 1.82) is 0 Å². The quantitative estimate of drug-likeness (QED) is 0.653. The minimum Gasteiger partial charge on any atom is -0.349 e. The van der Waals surface area contributed by atoms with E-state index in [0.717, 1.165) is 43.9 Å². The lowest BCUT2D eigenvalue weighted by atomic mass is 10.1. The van der Waals surface area contributed by atoms with Crippen LogP contribution in [0.2, 0.25) is 0 Å². The first-order valence-corrected chi connectivity index (χ1v) is 9.01. The number of carbonyl (C=O) groups is 1. The molecule has 2 aliphatic heterocycles. The van der Waals surface area contributed by atoms with E-state index in [-0.39, 0.29) is 18.0 Å². The van der Waals surface area contributed by atoms with Crippen LogP contribution in [-0.2, 0) is 6.54 Å². The molecular formula is C17H20N8O. The highest BCUT2D eigenvalue weighted by Gasteiger charge is 2.31. The molecule has 1 saturated heterocycles. The SMILES string of the molecule is C[C@@H]1CCn2nncc2[C@H]2CCCN2c2ccn3ncc(c3n2)C(=O)N1. The summed E-state index contributed by atoms with van der Waals surface area (Å²) >= 11 is 0. The van der Waals surface area contributed by atoms with E-state index in [4.69, 9.17) is 4.98 Å². The van der Waals surface area contributed by atoms with Gasteiger partial charge in [0.05, 0.1) is 24.1 Å². The zero-order valence-corrected chi connectivity index (χ0v) is 14.5. The molecule has 134 valence electrons. The number of aryl methyl sites for hydroxylation is 1. The Bertz CT molecular complexity index is 976. The molecule has 2 bridgehead atoms. The van der Waals surface area contributed by atoms with E-state index in [1.165, 1.54) is 0 Å². The van der Waals surface area contributed by atoms with Crippen molar-refractivity contribution in [3.8, 4) is 0 Å². The van der Waals surface area contributed by atoms with Crippen LogP contribution in [-0.4, -0.2) is 48.1 Å². The molecule has 0 spiro atoms. The van der Waals surface area contributed by atoms with Gasteiger partial charge < -0.3 is 10.2 Å². The van der Waals surface area contributed by atoms with E-state index < -0.39 is 0 Å². The van der Waals surface area contributed by atoms with Crippen LogP contribution in [0.4, 0.5) is 5.82 Å². The number of rotatable bonds is 0. The molecule has 0 unspecified atom stereocenters. The largest absolute Gasteiger partial charge is 0.349 e. The standard InChI is InChI=1S/C17H20N8O/c1-11-4-7-24-14(10-18-22-24)13-3-2-6-23(13)15-5-8-25-16(21-15)12(9-19-25)17(26)20-11/h5,8-11,13H,2-4,6-7H2,1H3,(H,20,26)/t11-,13-/m1/s1. The Morgan fingerprint density at radius 1 is 1.23 bits per heavy atom. The Hall–Kier alpha value is -2.97. The second kappa shape index (κ2) is 5.79. The van der Waals surface area contributed by atoms with Crippen LogP contribution < -0.4 is 10.2 Å². The van der Waals surface area contributed by atoms with E-state index in [1.54, 1.807) is 10.7 Å². The summed E-state index contributed by atoms with van der Waals surface area (Å²) < 4.78 is 3.62. The molecule has 0 aliphatic carbocycles. The van der Waals surface area contributed by atoms with Crippen LogP contribution in [0.3, 0.4) is 0 Å². The molecule has 26 heavy (non-hydrogen) atoms. The van der Waals surface area contributed by atoms with E-state index in [2.05, 4.69) is 25.6 Å². The molecule has 1 amide bonds. The maximum Gasteiger partial charge on any atom is 0.256 e. The van der Waals surface area contributed by atoms with Gasteiger partial charge in [-0.25, -0.2) is 14.2 Å². The number of aromatic nitrogens is 6. The monoisotopic (exact) mass is 352 g/mol. The summed E-state index contributed by atoms with van der Waals surface area (Å²) in [4.78, 5) is 19.7. The third-order valence-electron chi connectivity index (χ3n) is 5.29. The van der Waals surface area contributed by atoms with Crippen LogP contribution in [0, 0.1) is 0 Å². The molecule has 0 saturated carbocycles. The molecule has 9 nitrogen and oxygen atoms in total. The molecule has 1 N–H and O–H groups in total. The summed E-state index contributed by atoms with van der Waals surface area (Å²) in [5, 5.41) is 15.7. The molecule has 0 radical (unpaired) electrons. The summed E-state index contributed by atoms with van der Waals surface area (Å²) in [7, 11) is 0. The highest BCUT2D eigenvalue weighted by molar-refractivity contribution is 5.99. The minimum atomic E-state index is -0.145.